The number of benzene rings is 1. The van der Waals surface area contributed by atoms with Crippen molar-refractivity contribution >= 4 is 16.9 Å². The van der Waals surface area contributed by atoms with Crippen LogP contribution in [0.25, 0.3) is 11.0 Å². The number of carbonyl (C=O) groups excluding carboxylic acids is 1. The van der Waals surface area contributed by atoms with Crippen molar-refractivity contribution in [1.29, 1.82) is 0 Å². The van der Waals surface area contributed by atoms with Gasteiger partial charge in [-0.3, -0.25) is 9.78 Å². The molecule has 3 rings (SSSR count). The number of hydrogen-bond donors (Lipinski definition) is 1. The van der Waals surface area contributed by atoms with Crippen LogP contribution in [0.1, 0.15) is 30.3 Å². The summed E-state index contributed by atoms with van der Waals surface area (Å²) in [4.78, 5) is 23.4. The Balaban J connectivity index is 1.88. The Morgan fingerprint density at radius 2 is 2.10 bits per heavy atom. The highest BCUT2D eigenvalue weighted by Crippen LogP contribution is 2.23. The molecule has 21 heavy (non-hydrogen) atoms. The smallest absolute Gasteiger partial charge is 0.274 e. The quantitative estimate of drug-likeness (QED) is 0.913. The number of nitrogens with zero attached hydrogens (tertiary/aromatic N) is 3. The molecular formula is C16H20N4O. The molecule has 1 amide bonds. The van der Waals surface area contributed by atoms with Crippen LogP contribution in [0.3, 0.4) is 0 Å². The second-order valence-corrected chi connectivity index (χ2v) is 5.73. The molecule has 2 atom stereocenters. The van der Waals surface area contributed by atoms with Crippen LogP contribution in [0, 0.1) is 5.92 Å². The van der Waals surface area contributed by atoms with Crippen LogP contribution in [0.2, 0.25) is 0 Å². The first-order valence-corrected chi connectivity index (χ1v) is 7.42. The summed E-state index contributed by atoms with van der Waals surface area (Å²) >= 11 is 0. The molecule has 0 spiro atoms. The zero-order valence-electron chi connectivity index (χ0n) is 12.2. The average Bonchev–Trinajstić information content (AvgIpc) is 2.54. The van der Waals surface area contributed by atoms with Gasteiger partial charge in [0.1, 0.15) is 5.69 Å². The Hall–Kier alpha value is -2.01. The van der Waals surface area contributed by atoms with Crippen LogP contribution in [-0.2, 0) is 0 Å². The van der Waals surface area contributed by atoms with Crippen molar-refractivity contribution < 1.29 is 4.79 Å². The van der Waals surface area contributed by atoms with Gasteiger partial charge in [-0.2, -0.15) is 0 Å². The number of amides is 1. The molecule has 2 N–H and O–H groups in total. The van der Waals surface area contributed by atoms with E-state index in [4.69, 9.17) is 5.73 Å². The first kappa shape index (κ1) is 13.9. The molecule has 1 aromatic heterocycles. The summed E-state index contributed by atoms with van der Waals surface area (Å²) in [5, 5.41) is 0. The zero-order valence-corrected chi connectivity index (χ0v) is 12.2. The first-order chi connectivity index (χ1) is 10.2. The van der Waals surface area contributed by atoms with Gasteiger partial charge in [0.2, 0.25) is 0 Å². The van der Waals surface area contributed by atoms with Gasteiger partial charge >= 0.3 is 0 Å². The second-order valence-electron chi connectivity index (χ2n) is 5.73. The van der Waals surface area contributed by atoms with E-state index in [1.165, 1.54) is 0 Å². The predicted molar refractivity (Wildman–Crippen MR) is 81.8 cm³/mol. The summed E-state index contributed by atoms with van der Waals surface area (Å²) in [6, 6.07) is 7.82. The van der Waals surface area contributed by atoms with Crippen LogP contribution in [0.5, 0.6) is 0 Å². The molecule has 1 aliphatic rings. The van der Waals surface area contributed by atoms with Gasteiger partial charge in [-0.25, -0.2) is 4.98 Å². The van der Waals surface area contributed by atoms with Crippen molar-refractivity contribution in [2.75, 3.05) is 13.1 Å². The summed E-state index contributed by atoms with van der Waals surface area (Å²) in [5.74, 6) is 0.345. The zero-order chi connectivity index (χ0) is 14.8. The summed E-state index contributed by atoms with van der Waals surface area (Å²) in [6.07, 6.45) is 3.66. The maximum Gasteiger partial charge on any atom is 0.274 e. The Morgan fingerprint density at radius 3 is 2.86 bits per heavy atom. The molecule has 5 heteroatoms. The molecule has 0 radical (unpaired) electrons. The molecule has 1 aromatic carbocycles. The van der Waals surface area contributed by atoms with Crippen LogP contribution in [-0.4, -0.2) is 39.9 Å². The van der Waals surface area contributed by atoms with Gasteiger partial charge in [-0.1, -0.05) is 12.1 Å². The molecule has 0 saturated carbocycles. The number of aromatic nitrogens is 2. The van der Waals surface area contributed by atoms with Gasteiger partial charge in [0, 0.05) is 12.6 Å². The Kier molecular flexibility index (Phi) is 3.84. The summed E-state index contributed by atoms with van der Waals surface area (Å²) in [7, 11) is 0. The Bertz CT molecular complexity index is 658. The van der Waals surface area contributed by atoms with E-state index < -0.39 is 0 Å². The van der Waals surface area contributed by atoms with Crippen molar-refractivity contribution in [3.63, 3.8) is 0 Å². The maximum absolute atomic E-state index is 12.7. The van der Waals surface area contributed by atoms with Crippen molar-refractivity contribution in [2.24, 2.45) is 11.7 Å². The molecule has 5 nitrogen and oxygen atoms in total. The van der Waals surface area contributed by atoms with Crippen molar-refractivity contribution in [1.82, 2.24) is 14.9 Å². The predicted octanol–water partition coefficient (Wildman–Crippen LogP) is 1.83. The van der Waals surface area contributed by atoms with E-state index in [-0.39, 0.29) is 11.9 Å². The highest BCUT2D eigenvalue weighted by atomic mass is 16.2. The van der Waals surface area contributed by atoms with Gasteiger partial charge in [0.25, 0.3) is 5.91 Å². The van der Waals surface area contributed by atoms with Gasteiger partial charge < -0.3 is 10.6 Å². The van der Waals surface area contributed by atoms with Crippen molar-refractivity contribution in [3.8, 4) is 0 Å². The molecule has 2 aromatic rings. The number of fused-ring (bicyclic) bond motifs is 1. The molecule has 2 unspecified atom stereocenters. The van der Waals surface area contributed by atoms with Gasteiger partial charge in [-0.15, -0.1) is 0 Å². The Morgan fingerprint density at radius 1 is 1.33 bits per heavy atom. The molecule has 110 valence electrons. The number of carbonyl (C=O) groups is 1. The molecule has 1 aliphatic heterocycles. The number of piperidine rings is 1. The van der Waals surface area contributed by atoms with E-state index in [0.717, 1.165) is 23.9 Å². The van der Waals surface area contributed by atoms with Gasteiger partial charge in [-0.05, 0) is 44.4 Å². The van der Waals surface area contributed by atoms with Gasteiger partial charge in [0.05, 0.1) is 17.2 Å². The van der Waals surface area contributed by atoms with E-state index in [1.54, 1.807) is 6.20 Å². The van der Waals surface area contributed by atoms with Gasteiger partial charge in [0.15, 0.2) is 0 Å². The largest absolute Gasteiger partial charge is 0.334 e. The fourth-order valence-electron chi connectivity index (χ4n) is 2.86. The lowest BCUT2D eigenvalue weighted by atomic mass is 9.93. The summed E-state index contributed by atoms with van der Waals surface area (Å²) in [5.41, 5.74) is 7.73. The van der Waals surface area contributed by atoms with Crippen molar-refractivity contribution in [2.45, 2.75) is 25.8 Å². The van der Waals surface area contributed by atoms with E-state index in [0.29, 0.717) is 24.7 Å². The number of likely N-dealkylation sites (tertiary alicyclic amines) is 1. The summed E-state index contributed by atoms with van der Waals surface area (Å²) in [6.45, 7) is 3.42. The van der Waals surface area contributed by atoms with Crippen molar-refractivity contribution in [3.05, 3.63) is 36.2 Å². The highest BCUT2D eigenvalue weighted by molar-refractivity contribution is 5.94. The maximum atomic E-state index is 12.7. The lowest BCUT2D eigenvalue weighted by Gasteiger charge is -2.37. The monoisotopic (exact) mass is 284 g/mol. The van der Waals surface area contributed by atoms with Crippen LogP contribution in [0.15, 0.2) is 30.5 Å². The molecular weight excluding hydrogens is 264 g/mol. The fourth-order valence-corrected chi connectivity index (χ4v) is 2.86. The van der Waals surface area contributed by atoms with Crippen LogP contribution < -0.4 is 5.73 Å². The molecule has 1 saturated heterocycles. The fraction of sp³-hybridized carbons (Fsp3) is 0.438. The average molecular weight is 284 g/mol. The van der Waals surface area contributed by atoms with E-state index in [1.807, 2.05) is 29.2 Å². The highest BCUT2D eigenvalue weighted by Gasteiger charge is 2.29. The standard InChI is InChI=1S/C16H20N4O/c1-11-6-7-12(8-17)10-20(11)16(21)15-9-18-13-4-2-3-5-14(13)19-15/h2-5,9,11-12H,6-8,10,17H2,1H3. The topological polar surface area (TPSA) is 72.1 Å². The SMILES string of the molecule is CC1CCC(CN)CN1C(=O)c1cnc2ccccc2n1. The minimum Gasteiger partial charge on any atom is -0.334 e. The number of nitrogens with two attached hydrogens (primary N) is 1. The normalized spacial score (nSPS) is 22.5. The van der Waals surface area contributed by atoms with E-state index in [2.05, 4.69) is 16.9 Å². The lowest BCUT2D eigenvalue weighted by Crippen LogP contribution is -2.47. The minimum atomic E-state index is -0.0427. The third-order valence-electron chi connectivity index (χ3n) is 4.24. The molecule has 2 heterocycles. The Labute approximate surface area is 124 Å². The lowest BCUT2D eigenvalue weighted by molar-refractivity contribution is 0.0561. The van der Waals surface area contributed by atoms with Crippen LogP contribution in [0.4, 0.5) is 0 Å². The molecule has 1 fully saturated rings. The summed E-state index contributed by atoms with van der Waals surface area (Å²) < 4.78 is 0. The first-order valence-electron chi connectivity index (χ1n) is 7.42. The van der Waals surface area contributed by atoms with Crippen LogP contribution >= 0.6 is 0 Å². The third kappa shape index (κ3) is 2.74. The van der Waals surface area contributed by atoms with E-state index >= 15 is 0 Å². The second kappa shape index (κ2) is 5.77. The number of para-hydroxylation sites is 2. The minimum absolute atomic E-state index is 0.0427. The molecule has 0 aliphatic carbocycles. The van der Waals surface area contributed by atoms with E-state index in [9.17, 15) is 4.79 Å². The number of rotatable bonds is 2. The number of hydrogen-bond acceptors (Lipinski definition) is 4. The third-order valence-corrected chi connectivity index (χ3v) is 4.24. The molecule has 0 bridgehead atoms.